The summed E-state index contributed by atoms with van der Waals surface area (Å²) in [7, 11) is 0. The molecule has 166 valence electrons. The minimum atomic E-state index is -0.488. The van der Waals surface area contributed by atoms with Crippen LogP contribution in [0.5, 0.6) is 0 Å². The minimum Gasteiger partial charge on any atom is -0.325 e. The van der Waals surface area contributed by atoms with E-state index in [1.54, 1.807) is 22.3 Å². The van der Waals surface area contributed by atoms with Crippen LogP contribution in [0.1, 0.15) is 37.0 Å². The first-order valence-corrected chi connectivity index (χ1v) is 12.2. The maximum absolute atomic E-state index is 13.1. The zero-order valence-corrected chi connectivity index (χ0v) is 18.9. The Morgan fingerprint density at radius 2 is 2.00 bits per heavy atom. The van der Waals surface area contributed by atoms with Gasteiger partial charge in [-0.05, 0) is 42.5 Å². The molecule has 2 amide bonds. The fourth-order valence-corrected chi connectivity index (χ4v) is 5.29. The van der Waals surface area contributed by atoms with Gasteiger partial charge in [0.25, 0.3) is 11.6 Å². The third kappa shape index (κ3) is 5.25. The van der Waals surface area contributed by atoms with Crippen molar-refractivity contribution in [3.63, 3.8) is 0 Å². The summed E-state index contributed by atoms with van der Waals surface area (Å²) in [6.07, 6.45) is 7.01. The number of non-ortho nitro benzene ring substituents is 1. The molecule has 10 heteroatoms. The standard InChI is InChI=1S/C22H22N4O4S2/c27-20(23-15-8-10-17(11-9-15)26(29)30)14-32-22-24-19(13-18-7-4-12-31-18)21(28)25(22)16-5-2-1-3-6-16/h4,7-13,16H,1-3,5-6,14H2,(H,23,27)/b19-13+. The molecule has 1 aromatic carbocycles. The predicted octanol–water partition coefficient (Wildman–Crippen LogP) is 4.90. The van der Waals surface area contributed by atoms with E-state index in [9.17, 15) is 19.7 Å². The molecule has 8 nitrogen and oxygen atoms in total. The number of rotatable bonds is 6. The summed E-state index contributed by atoms with van der Waals surface area (Å²) in [6, 6.07) is 9.64. The molecular weight excluding hydrogens is 448 g/mol. The number of nitro groups is 1. The number of amidine groups is 1. The number of thioether (sulfide) groups is 1. The summed E-state index contributed by atoms with van der Waals surface area (Å²) in [6.45, 7) is 0. The van der Waals surface area contributed by atoms with Crippen molar-refractivity contribution in [2.24, 2.45) is 4.99 Å². The van der Waals surface area contributed by atoms with Crippen molar-refractivity contribution in [1.82, 2.24) is 4.90 Å². The first kappa shape index (κ1) is 22.2. The van der Waals surface area contributed by atoms with E-state index < -0.39 is 4.92 Å². The zero-order chi connectivity index (χ0) is 22.5. The van der Waals surface area contributed by atoms with Gasteiger partial charge >= 0.3 is 0 Å². The number of thiophene rings is 1. The van der Waals surface area contributed by atoms with Crippen molar-refractivity contribution >= 4 is 57.5 Å². The lowest BCUT2D eigenvalue weighted by molar-refractivity contribution is -0.384. The quantitative estimate of drug-likeness (QED) is 0.367. The van der Waals surface area contributed by atoms with Crippen LogP contribution >= 0.6 is 23.1 Å². The second kappa shape index (κ2) is 10.1. The molecular formula is C22H22N4O4S2. The van der Waals surface area contributed by atoms with Gasteiger partial charge in [0.2, 0.25) is 5.91 Å². The Morgan fingerprint density at radius 3 is 2.66 bits per heavy atom. The van der Waals surface area contributed by atoms with Crippen molar-refractivity contribution in [3.8, 4) is 0 Å². The molecule has 1 N–H and O–H groups in total. The van der Waals surface area contributed by atoms with Crippen molar-refractivity contribution < 1.29 is 14.5 Å². The SMILES string of the molecule is O=C(CSC1=N/C(=C/c2cccs2)C(=O)N1C1CCCCC1)Nc1ccc([N+](=O)[O-])cc1. The Labute approximate surface area is 193 Å². The molecule has 1 aliphatic heterocycles. The van der Waals surface area contributed by atoms with Gasteiger partial charge in [-0.25, -0.2) is 4.99 Å². The number of anilines is 1. The average Bonchev–Trinajstić information content (AvgIpc) is 3.41. The number of aliphatic imine (C=N–C) groups is 1. The van der Waals surface area contributed by atoms with Crippen molar-refractivity contribution in [3.05, 3.63) is 62.5 Å². The molecule has 1 saturated carbocycles. The van der Waals surface area contributed by atoms with Crippen LogP contribution < -0.4 is 5.32 Å². The zero-order valence-electron chi connectivity index (χ0n) is 17.2. The number of amides is 2. The third-order valence-corrected chi connectivity index (χ3v) is 7.09. The first-order valence-electron chi connectivity index (χ1n) is 10.4. The van der Waals surface area contributed by atoms with E-state index in [2.05, 4.69) is 10.3 Å². The van der Waals surface area contributed by atoms with Crippen molar-refractivity contribution in [2.45, 2.75) is 38.1 Å². The lowest BCUT2D eigenvalue weighted by Crippen LogP contribution is -2.41. The van der Waals surface area contributed by atoms with Gasteiger partial charge in [-0.3, -0.25) is 24.6 Å². The molecule has 0 bridgehead atoms. The summed E-state index contributed by atoms with van der Waals surface area (Å²) in [5.74, 6) is -0.291. The normalized spacial score (nSPS) is 18.1. The predicted molar refractivity (Wildman–Crippen MR) is 128 cm³/mol. The van der Waals surface area contributed by atoms with Gasteiger partial charge in [-0.2, -0.15) is 0 Å². The minimum absolute atomic E-state index is 0.0376. The molecule has 2 heterocycles. The molecule has 1 fully saturated rings. The molecule has 0 unspecified atom stereocenters. The Morgan fingerprint density at radius 1 is 1.25 bits per heavy atom. The van der Waals surface area contributed by atoms with E-state index in [0.29, 0.717) is 16.6 Å². The Balaban J connectivity index is 1.45. The van der Waals surface area contributed by atoms with Crippen LogP contribution in [0.3, 0.4) is 0 Å². The van der Waals surface area contributed by atoms with Crippen LogP contribution in [0.4, 0.5) is 11.4 Å². The Kier molecular flexibility index (Phi) is 7.01. The first-order chi connectivity index (χ1) is 15.5. The number of carbonyl (C=O) groups excluding carboxylic acids is 2. The molecule has 0 saturated heterocycles. The highest BCUT2D eigenvalue weighted by Gasteiger charge is 2.36. The summed E-state index contributed by atoms with van der Waals surface area (Å²) in [4.78, 5) is 43.2. The fourth-order valence-electron chi connectivity index (χ4n) is 3.77. The second-order valence-corrected chi connectivity index (χ2v) is 9.47. The van der Waals surface area contributed by atoms with Crippen molar-refractivity contribution in [1.29, 1.82) is 0 Å². The maximum Gasteiger partial charge on any atom is 0.278 e. The smallest absolute Gasteiger partial charge is 0.278 e. The van der Waals surface area contributed by atoms with Crippen LogP contribution in [0.2, 0.25) is 0 Å². The molecule has 1 aromatic heterocycles. The number of benzene rings is 1. The molecule has 2 aliphatic rings. The van der Waals surface area contributed by atoms with Gasteiger partial charge in [0.05, 0.1) is 10.7 Å². The van der Waals surface area contributed by atoms with E-state index in [-0.39, 0.29) is 29.3 Å². The van der Waals surface area contributed by atoms with E-state index >= 15 is 0 Å². The van der Waals surface area contributed by atoms with Gasteiger partial charge in [0, 0.05) is 28.7 Å². The highest BCUT2D eigenvalue weighted by molar-refractivity contribution is 8.14. The third-order valence-electron chi connectivity index (χ3n) is 5.32. The van der Waals surface area contributed by atoms with Gasteiger partial charge in [-0.15, -0.1) is 11.3 Å². The fraction of sp³-hybridized carbons (Fsp3) is 0.318. The van der Waals surface area contributed by atoms with Gasteiger partial charge < -0.3 is 5.32 Å². The second-order valence-electron chi connectivity index (χ2n) is 7.55. The molecule has 0 radical (unpaired) electrons. The van der Waals surface area contributed by atoms with E-state index in [4.69, 9.17) is 0 Å². The van der Waals surface area contributed by atoms with Crippen molar-refractivity contribution in [2.75, 3.05) is 11.1 Å². The average molecular weight is 471 g/mol. The van der Waals surface area contributed by atoms with Gasteiger partial charge in [-0.1, -0.05) is 37.1 Å². The molecule has 2 aromatic rings. The number of hydrogen-bond donors (Lipinski definition) is 1. The van der Waals surface area contributed by atoms with Crippen LogP contribution in [-0.2, 0) is 9.59 Å². The van der Waals surface area contributed by atoms with Crippen LogP contribution in [0.25, 0.3) is 6.08 Å². The lowest BCUT2D eigenvalue weighted by Gasteiger charge is -2.31. The van der Waals surface area contributed by atoms with Gasteiger partial charge in [0.15, 0.2) is 5.17 Å². The number of hydrogen-bond acceptors (Lipinski definition) is 7. The summed E-state index contributed by atoms with van der Waals surface area (Å²) in [5, 5.41) is 16.0. The Hall–Kier alpha value is -2.98. The monoisotopic (exact) mass is 470 g/mol. The highest BCUT2D eigenvalue weighted by atomic mass is 32.2. The summed E-state index contributed by atoms with van der Waals surface area (Å²) in [5.41, 5.74) is 0.841. The number of nitrogens with one attached hydrogen (secondary N) is 1. The van der Waals surface area contributed by atoms with E-state index in [0.717, 1.165) is 30.6 Å². The summed E-state index contributed by atoms with van der Waals surface area (Å²) >= 11 is 2.78. The maximum atomic E-state index is 13.1. The largest absolute Gasteiger partial charge is 0.325 e. The molecule has 32 heavy (non-hydrogen) atoms. The molecule has 4 rings (SSSR count). The van der Waals surface area contributed by atoms with Crippen LogP contribution in [0.15, 0.2) is 52.5 Å². The van der Waals surface area contributed by atoms with E-state index in [1.807, 2.05) is 17.5 Å². The van der Waals surface area contributed by atoms with Gasteiger partial charge in [0.1, 0.15) is 5.70 Å². The van der Waals surface area contributed by atoms with E-state index in [1.165, 1.54) is 42.4 Å². The molecule has 1 aliphatic carbocycles. The number of nitro benzene ring substituents is 1. The molecule has 0 atom stereocenters. The molecule has 0 spiro atoms. The van der Waals surface area contributed by atoms with Crippen LogP contribution in [0, 0.1) is 10.1 Å². The highest BCUT2D eigenvalue weighted by Crippen LogP contribution is 2.32. The topological polar surface area (TPSA) is 105 Å². The number of carbonyl (C=O) groups is 2. The summed E-state index contributed by atoms with van der Waals surface area (Å²) < 4.78 is 0. The number of nitrogens with zero attached hydrogens (tertiary/aromatic N) is 3. The van der Waals surface area contributed by atoms with Crippen LogP contribution in [-0.4, -0.2) is 38.6 Å². The lowest BCUT2D eigenvalue weighted by atomic mass is 9.94. The Bertz CT molecular complexity index is 1060.